The molecule has 5 heteroatoms. The summed E-state index contributed by atoms with van der Waals surface area (Å²) in [6.45, 7) is 0. The van der Waals surface area contributed by atoms with E-state index in [1.165, 1.54) is 0 Å². The topological polar surface area (TPSA) is 73.1 Å². The average Bonchev–Trinajstić information content (AvgIpc) is 2.19. The molecule has 0 radical (unpaired) electrons. The summed E-state index contributed by atoms with van der Waals surface area (Å²) in [5, 5.41) is 19.5. The van der Waals surface area contributed by atoms with Crippen molar-refractivity contribution in [2.75, 3.05) is 5.32 Å². The lowest BCUT2D eigenvalue weighted by Crippen LogP contribution is -2.13. The van der Waals surface area contributed by atoms with Crippen molar-refractivity contribution in [1.29, 1.82) is 5.26 Å². The lowest BCUT2D eigenvalue weighted by atomic mass is 10.2. The molecule has 1 aromatic carbocycles. The molecule has 1 rings (SSSR count). The van der Waals surface area contributed by atoms with E-state index in [9.17, 15) is 4.79 Å². The predicted molar refractivity (Wildman–Crippen MR) is 59.1 cm³/mol. The quantitative estimate of drug-likeness (QED) is 0.490. The Morgan fingerprint density at radius 1 is 1.60 bits per heavy atom. The molecule has 1 aromatic rings. The number of hydrogen-bond acceptors (Lipinski definition) is 3. The maximum atomic E-state index is 11.3. The van der Waals surface area contributed by atoms with Gasteiger partial charge in [0.05, 0.1) is 0 Å². The average molecular weight is 267 g/mol. The molecule has 0 aliphatic carbocycles. The van der Waals surface area contributed by atoms with Gasteiger partial charge in [0.1, 0.15) is 12.3 Å². The second-order valence-electron chi connectivity index (χ2n) is 2.62. The van der Waals surface area contributed by atoms with Crippen molar-refractivity contribution in [3.63, 3.8) is 0 Å². The van der Waals surface area contributed by atoms with Crippen LogP contribution in [0.15, 0.2) is 40.6 Å². The first kappa shape index (κ1) is 11.3. The molecule has 0 heterocycles. The Hall–Kier alpha value is -1.80. The van der Waals surface area contributed by atoms with E-state index < -0.39 is 5.91 Å². The Bertz CT molecular complexity index is 449. The molecule has 4 nitrogen and oxygen atoms in total. The van der Waals surface area contributed by atoms with Gasteiger partial charge in [-0.2, -0.15) is 5.26 Å². The van der Waals surface area contributed by atoms with Crippen LogP contribution < -0.4 is 5.32 Å². The predicted octanol–water partition coefficient (Wildman–Crippen LogP) is 2.35. The van der Waals surface area contributed by atoms with E-state index in [4.69, 9.17) is 10.4 Å². The molecular formula is C10H7BrN2O2. The summed E-state index contributed by atoms with van der Waals surface area (Å²) in [6, 6.07) is 8.49. The van der Waals surface area contributed by atoms with Crippen molar-refractivity contribution in [2.24, 2.45) is 0 Å². The van der Waals surface area contributed by atoms with Gasteiger partial charge in [0, 0.05) is 10.2 Å². The van der Waals surface area contributed by atoms with Crippen LogP contribution in [0.3, 0.4) is 0 Å². The summed E-state index contributed by atoms with van der Waals surface area (Å²) in [5.74, 6) is -0.641. The normalized spacial score (nSPS) is 10.5. The number of aliphatic hydroxyl groups excluding tert-OH is 1. The highest BCUT2D eigenvalue weighted by Gasteiger charge is 2.08. The third-order valence-electron chi connectivity index (χ3n) is 1.58. The first-order valence-corrected chi connectivity index (χ1v) is 4.78. The van der Waals surface area contributed by atoms with Gasteiger partial charge in [0.15, 0.2) is 5.57 Å². The van der Waals surface area contributed by atoms with Crippen LogP contribution in [0.2, 0.25) is 0 Å². The highest BCUT2D eigenvalue weighted by atomic mass is 79.9. The summed E-state index contributed by atoms with van der Waals surface area (Å²) in [5.41, 5.74) is 0.207. The fourth-order valence-electron chi connectivity index (χ4n) is 0.903. The maximum Gasteiger partial charge on any atom is 0.269 e. The lowest BCUT2D eigenvalue weighted by Gasteiger charge is -2.03. The van der Waals surface area contributed by atoms with Crippen LogP contribution in [-0.2, 0) is 4.79 Å². The van der Waals surface area contributed by atoms with Crippen molar-refractivity contribution in [3.05, 3.63) is 40.6 Å². The number of anilines is 1. The smallest absolute Gasteiger partial charge is 0.269 e. The molecular weight excluding hydrogens is 260 g/mol. The first-order chi connectivity index (χ1) is 7.17. The third kappa shape index (κ3) is 3.11. The minimum atomic E-state index is -0.641. The van der Waals surface area contributed by atoms with Crippen LogP contribution in [0, 0.1) is 11.3 Å². The molecule has 2 N–H and O–H groups in total. The molecule has 0 aliphatic heterocycles. The van der Waals surface area contributed by atoms with E-state index in [0.717, 1.165) is 4.47 Å². The Balaban J connectivity index is 2.80. The van der Waals surface area contributed by atoms with Crippen LogP contribution in [0.1, 0.15) is 0 Å². The van der Waals surface area contributed by atoms with E-state index in [1.54, 1.807) is 24.3 Å². The molecule has 0 fully saturated rings. The highest BCUT2D eigenvalue weighted by Crippen LogP contribution is 2.16. The molecule has 0 atom stereocenters. The number of nitriles is 1. The molecule has 0 saturated heterocycles. The molecule has 0 saturated carbocycles. The van der Waals surface area contributed by atoms with E-state index in [0.29, 0.717) is 11.9 Å². The molecule has 0 aliphatic rings. The molecule has 0 unspecified atom stereocenters. The second kappa shape index (κ2) is 5.17. The standard InChI is InChI=1S/C10H7BrN2O2/c11-8-2-1-3-9(4-8)13-10(15)7(5-12)6-14/h1-4,6,14H,(H,13,15)/b7-6+. The summed E-state index contributed by atoms with van der Waals surface area (Å²) < 4.78 is 0.812. The monoisotopic (exact) mass is 266 g/mol. The fourth-order valence-corrected chi connectivity index (χ4v) is 1.30. The Morgan fingerprint density at radius 2 is 2.33 bits per heavy atom. The Kier molecular flexibility index (Phi) is 3.89. The molecule has 0 aromatic heterocycles. The molecule has 76 valence electrons. The molecule has 0 bridgehead atoms. The number of nitrogens with zero attached hydrogens (tertiary/aromatic N) is 1. The van der Waals surface area contributed by atoms with Gasteiger partial charge in [0.25, 0.3) is 5.91 Å². The Morgan fingerprint density at radius 3 is 2.87 bits per heavy atom. The SMILES string of the molecule is N#C/C(=C\O)C(=O)Nc1cccc(Br)c1. The van der Waals surface area contributed by atoms with Gasteiger partial charge in [0.2, 0.25) is 0 Å². The van der Waals surface area contributed by atoms with Crippen LogP contribution in [0.25, 0.3) is 0 Å². The number of aliphatic hydroxyl groups is 1. The minimum absolute atomic E-state index is 0.338. The zero-order valence-electron chi connectivity index (χ0n) is 7.57. The number of halogens is 1. The van der Waals surface area contributed by atoms with Gasteiger partial charge >= 0.3 is 0 Å². The number of carbonyl (C=O) groups is 1. The van der Waals surface area contributed by atoms with Crippen molar-refractivity contribution in [1.82, 2.24) is 0 Å². The number of amides is 1. The van der Waals surface area contributed by atoms with Crippen molar-refractivity contribution >= 4 is 27.5 Å². The number of rotatable bonds is 2. The van der Waals surface area contributed by atoms with Crippen molar-refractivity contribution in [2.45, 2.75) is 0 Å². The summed E-state index contributed by atoms with van der Waals surface area (Å²) in [4.78, 5) is 11.3. The maximum absolute atomic E-state index is 11.3. The first-order valence-electron chi connectivity index (χ1n) is 3.98. The molecule has 0 spiro atoms. The van der Waals surface area contributed by atoms with E-state index in [2.05, 4.69) is 21.2 Å². The zero-order chi connectivity index (χ0) is 11.3. The number of benzene rings is 1. The molecule has 1 amide bonds. The lowest BCUT2D eigenvalue weighted by molar-refractivity contribution is -0.112. The van der Waals surface area contributed by atoms with Crippen LogP contribution in [0.5, 0.6) is 0 Å². The van der Waals surface area contributed by atoms with Gasteiger partial charge in [-0.1, -0.05) is 22.0 Å². The Labute approximate surface area is 95.0 Å². The van der Waals surface area contributed by atoms with E-state index >= 15 is 0 Å². The minimum Gasteiger partial charge on any atom is -0.514 e. The van der Waals surface area contributed by atoms with E-state index in [1.807, 2.05) is 6.07 Å². The zero-order valence-corrected chi connectivity index (χ0v) is 9.15. The van der Waals surface area contributed by atoms with Crippen LogP contribution >= 0.6 is 15.9 Å². The number of nitrogens with one attached hydrogen (secondary N) is 1. The highest BCUT2D eigenvalue weighted by molar-refractivity contribution is 9.10. The van der Waals surface area contributed by atoms with E-state index in [-0.39, 0.29) is 5.57 Å². The van der Waals surface area contributed by atoms with Crippen LogP contribution in [0.4, 0.5) is 5.69 Å². The van der Waals surface area contributed by atoms with Gasteiger partial charge in [-0.3, -0.25) is 4.79 Å². The summed E-state index contributed by atoms with van der Waals surface area (Å²) >= 11 is 3.24. The van der Waals surface area contributed by atoms with Gasteiger partial charge < -0.3 is 10.4 Å². The third-order valence-corrected chi connectivity index (χ3v) is 2.07. The van der Waals surface area contributed by atoms with Crippen molar-refractivity contribution < 1.29 is 9.90 Å². The summed E-state index contributed by atoms with van der Waals surface area (Å²) in [7, 11) is 0. The van der Waals surface area contributed by atoms with Gasteiger partial charge in [-0.25, -0.2) is 0 Å². The van der Waals surface area contributed by atoms with Crippen LogP contribution in [-0.4, -0.2) is 11.0 Å². The van der Waals surface area contributed by atoms with Gasteiger partial charge in [-0.05, 0) is 18.2 Å². The number of hydrogen-bond donors (Lipinski definition) is 2. The fraction of sp³-hybridized carbons (Fsp3) is 0. The molecule has 15 heavy (non-hydrogen) atoms. The summed E-state index contributed by atoms with van der Waals surface area (Å²) in [6.07, 6.45) is 0.479. The largest absolute Gasteiger partial charge is 0.514 e. The van der Waals surface area contributed by atoms with Gasteiger partial charge in [-0.15, -0.1) is 0 Å². The van der Waals surface area contributed by atoms with Crippen molar-refractivity contribution in [3.8, 4) is 6.07 Å². The second-order valence-corrected chi connectivity index (χ2v) is 3.53. The number of carbonyl (C=O) groups excluding carboxylic acids is 1.